The van der Waals surface area contributed by atoms with Gasteiger partial charge >= 0.3 is 0 Å². The highest BCUT2D eigenvalue weighted by molar-refractivity contribution is 5.53. The van der Waals surface area contributed by atoms with Crippen molar-refractivity contribution in [2.24, 2.45) is 5.92 Å². The van der Waals surface area contributed by atoms with Crippen LogP contribution in [0.25, 0.3) is 0 Å². The summed E-state index contributed by atoms with van der Waals surface area (Å²) in [5, 5.41) is 0. The van der Waals surface area contributed by atoms with Crippen LogP contribution in [0.3, 0.4) is 0 Å². The van der Waals surface area contributed by atoms with E-state index in [1.807, 2.05) is 0 Å². The predicted molar refractivity (Wildman–Crippen MR) is 72.6 cm³/mol. The summed E-state index contributed by atoms with van der Waals surface area (Å²) < 4.78 is 0. The van der Waals surface area contributed by atoms with Crippen LogP contribution in [0.1, 0.15) is 18.4 Å². The Balaban J connectivity index is 1.58. The molecule has 1 aliphatic heterocycles. The Labute approximate surface area is 104 Å². The lowest BCUT2D eigenvalue weighted by Gasteiger charge is -2.36. The van der Waals surface area contributed by atoms with Crippen LogP contribution < -0.4 is 4.90 Å². The number of benzene rings is 1. The molecule has 0 radical (unpaired) electrons. The fourth-order valence-electron chi connectivity index (χ4n) is 2.76. The lowest BCUT2D eigenvalue weighted by Crippen LogP contribution is -2.47. The minimum atomic E-state index is 1.03. The topological polar surface area (TPSA) is 6.48 Å². The van der Waals surface area contributed by atoms with E-state index in [2.05, 4.69) is 41.0 Å². The fourth-order valence-corrected chi connectivity index (χ4v) is 2.76. The molecule has 1 saturated carbocycles. The molecule has 1 aromatic carbocycles. The molecule has 0 N–H and O–H groups in total. The monoisotopic (exact) mass is 230 g/mol. The molecule has 1 heterocycles. The van der Waals surface area contributed by atoms with Gasteiger partial charge in [0, 0.05) is 38.4 Å². The molecule has 0 bridgehead atoms. The average Bonchev–Trinajstić information content (AvgIpc) is 3.15. The standard InChI is InChI=1S/C15H22N2/c1-13-4-2-3-5-15(13)17-10-8-16(9-11-17)12-14-6-7-14/h2-5,14H,6-12H2,1H3. The van der Waals surface area contributed by atoms with E-state index >= 15 is 0 Å². The molecule has 92 valence electrons. The van der Waals surface area contributed by atoms with Crippen LogP contribution in [0.4, 0.5) is 5.69 Å². The molecule has 0 spiro atoms. The maximum Gasteiger partial charge on any atom is 0.0396 e. The Bertz CT molecular complexity index is 376. The number of para-hydroxylation sites is 1. The van der Waals surface area contributed by atoms with E-state index in [9.17, 15) is 0 Å². The lowest BCUT2D eigenvalue weighted by atomic mass is 10.1. The first-order valence-corrected chi connectivity index (χ1v) is 6.86. The summed E-state index contributed by atoms with van der Waals surface area (Å²) in [5.41, 5.74) is 2.83. The molecule has 2 fully saturated rings. The molecule has 0 unspecified atom stereocenters. The second kappa shape index (κ2) is 4.69. The molecular formula is C15H22N2. The third kappa shape index (κ3) is 2.63. The van der Waals surface area contributed by atoms with Crippen LogP contribution in [0.5, 0.6) is 0 Å². The normalized spacial score (nSPS) is 21.8. The van der Waals surface area contributed by atoms with Crippen molar-refractivity contribution in [2.45, 2.75) is 19.8 Å². The molecule has 0 aromatic heterocycles. The maximum atomic E-state index is 2.65. The number of anilines is 1. The summed E-state index contributed by atoms with van der Waals surface area (Å²) in [6.07, 6.45) is 2.94. The van der Waals surface area contributed by atoms with Crippen LogP contribution >= 0.6 is 0 Å². The molecule has 1 saturated heterocycles. The summed E-state index contributed by atoms with van der Waals surface area (Å²) in [6, 6.07) is 8.75. The van der Waals surface area contributed by atoms with Gasteiger partial charge in [0.25, 0.3) is 0 Å². The largest absolute Gasteiger partial charge is 0.369 e. The highest BCUT2D eigenvalue weighted by Crippen LogP contribution is 2.30. The number of nitrogens with zero attached hydrogens (tertiary/aromatic N) is 2. The SMILES string of the molecule is Cc1ccccc1N1CCN(CC2CC2)CC1. The average molecular weight is 230 g/mol. The Morgan fingerprint density at radius 2 is 1.76 bits per heavy atom. The third-order valence-electron chi connectivity index (χ3n) is 4.04. The van der Waals surface area contributed by atoms with Gasteiger partial charge in [0.2, 0.25) is 0 Å². The molecule has 2 heteroatoms. The van der Waals surface area contributed by atoms with Crippen molar-refractivity contribution in [1.29, 1.82) is 0 Å². The van der Waals surface area contributed by atoms with E-state index in [4.69, 9.17) is 0 Å². The van der Waals surface area contributed by atoms with Crippen LogP contribution in [-0.4, -0.2) is 37.6 Å². The summed E-state index contributed by atoms with van der Waals surface area (Å²) >= 11 is 0. The zero-order valence-corrected chi connectivity index (χ0v) is 10.7. The zero-order valence-electron chi connectivity index (χ0n) is 10.7. The van der Waals surface area contributed by atoms with Gasteiger partial charge in [0.05, 0.1) is 0 Å². The second-order valence-electron chi connectivity index (χ2n) is 5.52. The highest BCUT2D eigenvalue weighted by atomic mass is 15.3. The summed E-state index contributed by atoms with van der Waals surface area (Å²) in [5.74, 6) is 1.03. The molecule has 2 nitrogen and oxygen atoms in total. The first kappa shape index (κ1) is 11.1. The Kier molecular flexibility index (Phi) is 3.06. The number of hydrogen-bond acceptors (Lipinski definition) is 2. The molecule has 0 amide bonds. The van der Waals surface area contributed by atoms with Gasteiger partial charge in [-0.05, 0) is 37.3 Å². The molecule has 1 aliphatic carbocycles. The zero-order chi connectivity index (χ0) is 11.7. The van der Waals surface area contributed by atoms with Crippen LogP contribution in [0.15, 0.2) is 24.3 Å². The molecular weight excluding hydrogens is 208 g/mol. The summed E-state index contributed by atoms with van der Waals surface area (Å²) in [4.78, 5) is 5.19. The first-order valence-electron chi connectivity index (χ1n) is 6.86. The second-order valence-corrected chi connectivity index (χ2v) is 5.52. The predicted octanol–water partition coefficient (Wildman–Crippen LogP) is 2.53. The minimum absolute atomic E-state index is 1.03. The molecule has 3 rings (SSSR count). The van der Waals surface area contributed by atoms with E-state index < -0.39 is 0 Å². The van der Waals surface area contributed by atoms with E-state index in [1.165, 1.54) is 56.8 Å². The van der Waals surface area contributed by atoms with Gasteiger partial charge in [-0.1, -0.05) is 18.2 Å². The Morgan fingerprint density at radius 3 is 2.41 bits per heavy atom. The van der Waals surface area contributed by atoms with Gasteiger partial charge in [-0.2, -0.15) is 0 Å². The van der Waals surface area contributed by atoms with Gasteiger partial charge in [0.15, 0.2) is 0 Å². The Morgan fingerprint density at radius 1 is 1.06 bits per heavy atom. The van der Waals surface area contributed by atoms with Gasteiger partial charge < -0.3 is 4.90 Å². The van der Waals surface area contributed by atoms with Gasteiger partial charge in [0.1, 0.15) is 0 Å². The van der Waals surface area contributed by atoms with Gasteiger partial charge in [-0.3, -0.25) is 4.90 Å². The van der Waals surface area contributed by atoms with Crippen molar-refractivity contribution in [1.82, 2.24) is 4.90 Å². The van der Waals surface area contributed by atoms with Gasteiger partial charge in [-0.25, -0.2) is 0 Å². The van der Waals surface area contributed by atoms with Crippen molar-refractivity contribution in [3.63, 3.8) is 0 Å². The van der Waals surface area contributed by atoms with Crippen LogP contribution in [0.2, 0.25) is 0 Å². The van der Waals surface area contributed by atoms with Crippen molar-refractivity contribution >= 4 is 5.69 Å². The van der Waals surface area contributed by atoms with E-state index in [0.29, 0.717) is 0 Å². The maximum absolute atomic E-state index is 2.65. The van der Waals surface area contributed by atoms with Gasteiger partial charge in [-0.15, -0.1) is 0 Å². The molecule has 1 aromatic rings. The van der Waals surface area contributed by atoms with Crippen molar-refractivity contribution < 1.29 is 0 Å². The molecule has 0 atom stereocenters. The van der Waals surface area contributed by atoms with Crippen LogP contribution in [0, 0.1) is 12.8 Å². The third-order valence-corrected chi connectivity index (χ3v) is 4.04. The van der Waals surface area contributed by atoms with E-state index in [1.54, 1.807) is 0 Å². The van der Waals surface area contributed by atoms with Crippen LogP contribution in [-0.2, 0) is 0 Å². The quantitative estimate of drug-likeness (QED) is 0.787. The van der Waals surface area contributed by atoms with Crippen molar-refractivity contribution in [2.75, 3.05) is 37.6 Å². The Hall–Kier alpha value is -1.02. The molecule has 2 aliphatic rings. The van der Waals surface area contributed by atoms with Crippen molar-refractivity contribution in [3.05, 3.63) is 29.8 Å². The number of piperazine rings is 1. The number of rotatable bonds is 3. The van der Waals surface area contributed by atoms with E-state index in [-0.39, 0.29) is 0 Å². The highest BCUT2D eigenvalue weighted by Gasteiger charge is 2.26. The summed E-state index contributed by atoms with van der Waals surface area (Å²) in [7, 11) is 0. The first-order chi connectivity index (χ1) is 8.33. The van der Waals surface area contributed by atoms with E-state index in [0.717, 1.165) is 5.92 Å². The number of hydrogen-bond donors (Lipinski definition) is 0. The smallest absolute Gasteiger partial charge is 0.0396 e. The fraction of sp³-hybridized carbons (Fsp3) is 0.600. The lowest BCUT2D eigenvalue weighted by molar-refractivity contribution is 0.248. The number of aryl methyl sites for hydroxylation is 1. The van der Waals surface area contributed by atoms with Crippen molar-refractivity contribution in [3.8, 4) is 0 Å². The minimum Gasteiger partial charge on any atom is -0.369 e. The summed E-state index contributed by atoms with van der Waals surface area (Å²) in [6.45, 7) is 8.43. The molecule has 17 heavy (non-hydrogen) atoms.